The molecule has 10 rings (SSSR count). The number of carbonyl (C=O) groups excluding carboxylic acids is 2. The number of aromatic nitrogens is 5. The molecule has 1 fully saturated rings. The van der Waals surface area contributed by atoms with E-state index in [1.54, 1.807) is 34.6 Å². The normalized spacial score (nSPS) is 20.7. The molecular formula is C48H49N7O9. The molecule has 4 N–H and O–H groups in total. The third-order valence-electron chi connectivity index (χ3n) is 13.7. The van der Waals surface area contributed by atoms with Crippen LogP contribution in [-0.2, 0) is 39.6 Å². The molecule has 16 heteroatoms. The van der Waals surface area contributed by atoms with Gasteiger partial charge in [0.25, 0.3) is 5.56 Å². The van der Waals surface area contributed by atoms with Crippen molar-refractivity contribution < 1.29 is 39.5 Å². The lowest BCUT2D eigenvalue weighted by atomic mass is 9.80. The third kappa shape index (κ3) is 6.52. The molecule has 2 unspecified atom stereocenters. The van der Waals surface area contributed by atoms with Crippen molar-refractivity contribution in [1.82, 2.24) is 28.8 Å². The number of piperidine rings is 1. The van der Waals surface area contributed by atoms with Crippen LogP contribution in [-0.4, -0.2) is 80.1 Å². The lowest BCUT2D eigenvalue weighted by molar-refractivity contribution is -0.172. The number of phenols is 2. The van der Waals surface area contributed by atoms with Gasteiger partial charge in [0.05, 0.1) is 34.8 Å². The maximum Gasteiger partial charge on any atom is 0.414 e. The number of hydrogen-bond acceptors (Lipinski definition) is 12. The maximum absolute atomic E-state index is 13.8. The largest absolute Gasteiger partial charge is 0.508 e. The number of fused-ring (bicyclic) bond motifs is 6. The zero-order valence-corrected chi connectivity index (χ0v) is 36.0. The molecule has 1 saturated heterocycles. The standard InChI is InChI=1S/C48H49N7O9/c1-5-30-32-18-29(8-9-37(32)49-42-34(30)23-54-39(42)20-36-35(44(54)58)24-63-45(59)48(36,62)6-2)64-47(61)52-14-11-26(12-15-52)22-53-16-13-27-17-28(7-10-38(27)53)55-43(50-51-46(55)60)33-19-31(25(3)4)40(56)21-41(33)57/h7-10,13,16-17,19-21,25-26,32,56-57,62H,5-6,11-12,14-15,18,22-24H2,1-4H3,(H,51,60). The lowest BCUT2D eigenvalue weighted by Crippen LogP contribution is -2.44. The molecule has 64 heavy (non-hydrogen) atoms. The Morgan fingerprint density at radius 1 is 1.00 bits per heavy atom. The predicted octanol–water partition coefficient (Wildman–Crippen LogP) is 6.80. The fourth-order valence-corrected chi connectivity index (χ4v) is 10.1. The van der Waals surface area contributed by atoms with Gasteiger partial charge in [-0.25, -0.2) is 14.2 Å². The fourth-order valence-electron chi connectivity index (χ4n) is 10.1. The molecular weight excluding hydrogens is 819 g/mol. The van der Waals surface area contributed by atoms with Crippen molar-refractivity contribution >= 4 is 28.7 Å². The lowest BCUT2D eigenvalue weighted by Gasteiger charge is -2.33. The van der Waals surface area contributed by atoms with Crippen molar-refractivity contribution in [3.8, 4) is 34.6 Å². The second-order valence-electron chi connectivity index (χ2n) is 17.7. The van der Waals surface area contributed by atoms with Crippen molar-refractivity contribution in [3.05, 3.63) is 116 Å². The van der Waals surface area contributed by atoms with Gasteiger partial charge < -0.3 is 43.9 Å². The number of rotatable bonds is 8. The summed E-state index contributed by atoms with van der Waals surface area (Å²) in [5.74, 6) is 0.0310. The highest BCUT2D eigenvalue weighted by Gasteiger charge is 2.46. The van der Waals surface area contributed by atoms with E-state index in [2.05, 4.69) is 21.7 Å². The second kappa shape index (κ2) is 15.4. The number of allylic oxidation sites excluding steroid dienone is 5. The topological polar surface area (TPSA) is 207 Å². The Labute approximate surface area is 367 Å². The van der Waals surface area contributed by atoms with Gasteiger partial charge in [-0.2, -0.15) is 0 Å². The number of ether oxygens (including phenoxy) is 2. The zero-order chi connectivity index (χ0) is 44.8. The van der Waals surface area contributed by atoms with Crippen LogP contribution in [0.25, 0.3) is 28.0 Å². The molecule has 0 saturated carbocycles. The molecule has 5 aromatic rings. The Morgan fingerprint density at radius 2 is 1.80 bits per heavy atom. The molecule has 0 bridgehead atoms. The Bertz CT molecular complexity index is 3000. The molecule has 2 atom stereocenters. The second-order valence-corrected chi connectivity index (χ2v) is 17.7. The van der Waals surface area contributed by atoms with Crippen LogP contribution in [0.5, 0.6) is 17.5 Å². The summed E-state index contributed by atoms with van der Waals surface area (Å²) >= 11 is 0. The monoisotopic (exact) mass is 867 g/mol. The quantitative estimate of drug-likeness (QED) is 0.119. The average molecular weight is 868 g/mol. The number of benzene rings is 2. The number of cyclic esters (lactones) is 1. The highest BCUT2D eigenvalue weighted by atomic mass is 16.6. The summed E-state index contributed by atoms with van der Waals surface area (Å²) < 4.78 is 16.6. The van der Waals surface area contributed by atoms with Crippen molar-refractivity contribution in [2.24, 2.45) is 16.8 Å². The number of pyridine rings is 1. The number of hydrogen-bond donors (Lipinski definition) is 4. The van der Waals surface area contributed by atoms with Gasteiger partial charge in [-0.1, -0.05) is 38.4 Å². The summed E-state index contributed by atoms with van der Waals surface area (Å²) in [5, 5.41) is 52.2. The summed E-state index contributed by atoms with van der Waals surface area (Å²) in [4.78, 5) is 46.7. The van der Waals surface area contributed by atoms with Crippen LogP contribution in [0.4, 0.5) is 4.79 Å². The van der Waals surface area contributed by atoms with Crippen molar-refractivity contribution in [3.63, 3.8) is 0 Å². The van der Waals surface area contributed by atoms with E-state index in [0.29, 0.717) is 72.4 Å². The van der Waals surface area contributed by atoms with Gasteiger partial charge in [0, 0.05) is 66.4 Å². The maximum atomic E-state index is 13.8. The number of aliphatic hydroxyl groups is 1. The van der Waals surface area contributed by atoms with Crippen LogP contribution in [0, 0.1) is 11.8 Å². The Morgan fingerprint density at radius 3 is 2.55 bits per heavy atom. The van der Waals surface area contributed by atoms with Gasteiger partial charge in [-0.3, -0.25) is 9.79 Å². The van der Waals surface area contributed by atoms with Crippen LogP contribution in [0.3, 0.4) is 0 Å². The SMILES string of the molecule is CCC1=C2Cn3c(cc4c(c3=O)COC(=O)C4(O)CC)C2=NC2=CC=C(OC(=O)N3CCC(Cn4ccc5cc(-n6c(O)nnc6-c6cc(C(C)C)c(O)cc6O)ccc54)CC3)CC21. The Hall–Kier alpha value is -6.94. The van der Waals surface area contributed by atoms with Gasteiger partial charge in [0.1, 0.15) is 23.9 Å². The number of esters is 1. The van der Waals surface area contributed by atoms with E-state index < -0.39 is 11.6 Å². The molecule has 1 amide bonds. The van der Waals surface area contributed by atoms with Crippen LogP contribution >= 0.6 is 0 Å². The molecule has 330 valence electrons. The van der Waals surface area contributed by atoms with E-state index in [4.69, 9.17) is 14.5 Å². The number of aliphatic imine (C=N–C) groups is 1. The molecule has 0 spiro atoms. The number of amides is 1. The summed E-state index contributed by atoms with van der Waals surface area (Å²) in [6.07, 6.45) is 8.16. The molecule has 3 aromatic heterocycles. The van der Waals surface area contributed by atoms with E-state index >= 15 is 0 Å². The number of nitrogens with zero attached hydrogens (tertiary/aromatic N) is 7. The van der Waals surface area contributed by atoms with Crippen LogP contribution < -0.4 is 5.56 Å². The average Bonchev–Trinajstić information content (AvgIpc) is 3.99. The molecule has 4 aliphatic heterocycles. The number of phenolic OH excluding ortho intramolecular Hbond substituents is 2. The third-order valence-corrected chi connectivity index (χ3v) is 13.7. The minimum atomic E-state index is -1.90. The molecule has 7 heterocycles. The van der Waals surface area contributed by atoms with Gasteiger partial charge >= 0.3 is 18.1 Å². The van der Waals surface area contributed by atoms with Crippen molar-refractivity contribution in [1.29, 1.82) is 0 Å². The van der Waals surface area contributed by atoms with Gasteiger partial charge in [0.2, 0.25) is 0 Å². The first kappa shape index (κ1) is 41.1. The number of carbonyl (C=O) groups is 2. The number of dihydropyridines is 1. The number of aromatic hydroxyl groups is 3. The first-order valence-corrected chi connectivity index (χ1v) is 21.9. The smallest absolute Gasteiger partial charge is 0.414 e. The summed E-state index contributed by atoms with van der Waals surface area (Å²) in [6.45, 7) is 9.63. The first-order valence-electron chi connectivity index (χ1n) is 21.9. The molecule has 5 aliphatic rings. The Balaban J connectivity index is 0.803. The van der Waals surface area contributed by atoms with Crippen LogP contribution in [0.15, 0.2) is 93.2 Å². The highest BCUT2D eigenvalue weighted by molar-refractivity contribution is 6.15. The van der Waals surface area contributed by atoms with Crippen LogP contribution in [0.2, 0.25) is 0 Å². The molecule has 0 radical (unpaired) electrons. The zero-order valence-electron chi connectivity index (χ0n) is 36.0. The minimum Gasteiger partial charge on any atom is -0.508 e. The van der Waals surface area contributed by atoms with E-state index in [0.717, 1.165) is 47.1 Å². The Kier molecular flexibility index (Phi) is 9.89. The summed E-state index contributed by atoms with van der Waals surface area (Å²) in [6, 6.07) is 12.1. The minimum absolute atomic E-state index is 0.0164. The van der Waals surface area contributed by atoms with E-state index in [1.807, 2.05) is 50.4 Å². The molecule has 2 aromatic carbocycles. The molecule has 16 nitrogen and oxygen atoms in total. The van der Waals surface area contributed by atoms with E-state index in [-0.39, 0.29) is 71.0 Å². The summed E-state index contributed by atoms with van der Waals surface area (Å²) in [7, 11) is 0. The van der Waals surface area contributed by atoms with Crippen LogP contribution in [0.1, 0.15) is 88.1 Å². The van der Waals surface area contributed by atoms with E-state index in [1.165, 1.54) is 10.6 Å². The van der Waals surface area contributed by atoms with Crippen molar-refractivity contribution in [2.45, 2.75) is 91.0 Å². The molecule has 1 aliphatic carbocycles. The number of likely N-dealkylation sites (tertiary alicyclic amines) is 1. The fraction of sp³-hybridized carbons (Fsp3) is 0.375. The van der Waals surface area contributed by atoms with Gasteiger partial charge in [-0.05, 0) is 97.2 Å². The first-order chi connectivity index (χ1) is 30.8. The van der Waals surface area contributed by atoms with E-state index in [9.17, 15) is 34.8 Å². The van der Waals surface area contributed by atoms with Crippen molar-refractivity contribution in [2.75, 3.05) is 13.1 Å². The van der Waals surface area contributed by atoms with Gasteiger partial charge in [-0.15, -0.1) is 5.10 Å². The highest BCUT2D eigenvalue weighted by Crippen LogP contribution is 2.44. The summed E-state index contributed by atoms with van der Waals surface area (Å²) in [5.41, 5.74) is 5.07. The van der Waals surface area contributed by atoms with Gasteiger partial charge in [0.15, 0.2) is 11.4 Å². The predicted molar refractivity (Wildman–Crippen MR) is 235 cm³/mol.